The van der Waals surface area contributed by atoms with Gasteiger partial charge in [-0.1, -0.05) is 42.8 Å². The van der Waals surface area contributed by atoms with Crippen LogP contribution in [0.1, 0.15) is 23.9 Å². The Kier molecular flexibility index (Phi) is 4.17. The SMILES string of the molecule is CCC1(c2ccc(Cl)cc2)NC(=O)N(Cc2nc3ccccc3s2)C1=O. The number of hydrogen-bond donors (Lipinski definition) is 1. The van der Waals surface area contributed by atoms with Gasteiger partial charge in [0.25, 0.3) is 5.91 Å². The van der Waals surface area contributed by atoms with Gasteiger partial charge in [-0.05, 0) is 36.2 Å². The molecule has 1 aromatic heterocycles. The van der Waals surface area contributed by atoms with Crippen LogP contribution in [0.4, 0.5) is 4.79 Å². The first kappa shape index (κ1) is 17.0. The first-order chi connectivity index (χ1) is 12.5. The lowest BCUT2D eigenvalue weighted by atomic mass is 9.87. The van der Waals surface area contributed by atoms with Gasteiger partial charge in [-0.25, -0.2) is 9.78 Å². The van der Waals surface area contributed by atoms with Gasteiger partial charge in [0.15, 0.2) is 0 Å². The summed E-state index contributed by atoms with van der Waals surface area (Å²) in [4.78, 5) is 31.5. The molecule has 7 heteroatoms. The van der Waals surface area contributed by atoms with Gasteiger partial charge in [0.05, 0.1) is 16.8 Å². The number of benzene rings is 2. The molecular weight excluding hydrogens is 370 g/mol. The van der Waals surface area contributed by atoms with Gasteiger partial charge in [0.2, 0.25) is 0 Å². The summed E-state index contributed by atoms with van der Waals surface area (Å²) >= 11 is 7.45. The van der Waals surface area contributed by atoms with Crippen LogP contribution in [0, 0.1) is 0 Å². The summed E-state index contributed by atoms with van der Waals surface area (Å²) in [5, 5.41) is 4.20. The molecule has 3 aromatic rings. The number of hydrogen-bond acceptors (Lipinski definition) is 4. The van der Waals surface area contributed by atoms with Gasteiger partial charge in [0, 0.05) is 5.02 Å². The number of amides is 3. The van der Waals surface area contributed by atoms with Crippen LogP contribution in [0.15, 0.2) is 48.5 Å². The van der Waals surface area contributed by atoms with Crippen molar-refractivity contribution in [2.45, 2.75) is 25.4 Å². The van der Waals surface area contributed by atoms with Crippen molar-refractivity contribution in [3.8, 4) is 0 Å². The van der Waals surface area contributed by atoms with E-state index in [4.69, 9.17) is 11.6 Å². The van der Waals surface area contributed by atoms with E-state index in [2.05, 4.69) is 10.3 Å². The van der Waals surface area contributed by atoms with Crippen LogP contribution < -0.4 is 5.32 Å². The number of para-hydroxylation sites is 1. The molecule has 1 unspecified atom stereocenters. The Morgan fingerprint density at radius 3 is 2.58 bits per heavy atom. The van der Waals surface area contributed by atoms with E-state index >= 15 is 0 Å². The second kappa shape index (κ2) is 6.37. The predicted octanol–water partition coefficient (Wildman–Crippen LogP) is 4.31. The number of carbonyl (C=O) groups excluding carboxylic acids is 2. The molecule has 1 atom stereocenters. The molecule has 2 heterocycles. The summed E-state index contributed by atoms with van der Waals surface area (Å²) in [5.41, 5.74) is 0.548. The van der Waals surface area contributed by atoms with Crippen LogP contribution in [0.3, 0.4) is 0 Å². The Bertz CT molecular complexity index is 968. The van der Waals surface area contributed by atoms with Gasteiger partial charge in [-0.2, -0.15) is 0 Å². The highest BCUT2D eigenvalue weighted by Crippen LogP contribution is 2.34. The minimum Gasteiger partial charge on any atom is -0.319 e. The van der Waals surface area contributed by atoms with Crippen LogP contribution in [0.25, 0.3) is 10.2 Å². The standard InChI is InChI=1S/C19H16ClN3O2S/c1-2-19(12-7-9-13(20)10-8-12)17(24)23(18(25)22-19)11-16-21-14-5-3-4-6-15(14)26-16/h3-10H,2,11H2,1H3,(H,22,25). The minimum absolute atomic E-state index is 0.166. The number of nitrogens with zero attached hydrogens (tertiary/aromatic N) is 2. The molecule has 3 amide bonds. The van der Waals surface area contributed by atoms with Crippen molar-refractivity contribution in [1.29, 1.82) is 0 Å². The summed E-state index contributed by atoms with van der Waals surface area (Å²) in [7, 11) is 0. The van der Waals surface area contributed by atoms with E-state index in [0.717, 1.165) is 20.8 Å². The third kappa shape index (κ3) is 2.66. The Balaban J connectivity index is 1.66. The third-order valence-electron chi connectivity index (χ3n) is 4.67. The molecule has 0 bridgehead atoms. The topological polar surface area (TPSA) is 62.3 Å². The predicted molar refractivity (Wildman–Crippen MR) is 102 cm³/mol. The number of nitrogens with one attached hydrogen (secondary N) is 1. The quantitative estimate of drug-likeness (QED) is 0.681. The zero-order valence-electron chi connectivity index (χ0n) is 14.0. The Labute approximate surface area is 159 Å². The summed E-state index contributed by atoms with van der Waals surface area (Å²) < 4.78 is 1.04. The van der Waals surface area contributed by atoms with Crippen LogP contribution in [0.5, 0.6) is 0 Å². The number of imide groups is 1. The fourth-order valence-corrected chi connectivity index (χ4v) is 4.35. The maximum atomic E-state index is 13.2. The number of fused-ring (bicyclic) bond motifs is 1. The summed E-state index contributed by atoms with van der Waals surface area (Å²) in [6.45, 7) is 2.05. The monoisotopic (exact) mass is 385 g/mol. The summed E-state index contributed by atoms with van der Waals surface area (Å²) in [6.07, 6.45) is 0.454. The highest BCUT2D eigenvalue weighted by atomic mass is 35.5. The highest BCUT2D eigenvalue weighted by Gasteiger charge is 2.51. The van der Waals surface area contributed by atoms with Crippen molar-refractivity contribution in [3.63, 3.8) is 0 Å². The van der Waals surface area contributed by atoms with Crippen LogP contribution in [-0.2, 0) is 16.9 Å². The Morgan fingerprint density at radius 1 is 1.15 bits per heavy atom. The second-order valence-corrected chi connectivity index (χ2v) is 7.71. The van der Waals surface area contributed by atoms with Gasteiger partial charge in [-0.3, -0.25) is 9.69 Å². The third-order valence-corrected chi connectivity index (χ3v) is 5.95. The molecule has 0 spiro atoms. The zero-order valence-corrected chi connectivity index (χ0v) is 15.6. The molecule has 1 aliphatic rings. The number of rotatable bonds is 4. The number of aromatic nitrogens is 1. The first-order valence-corrected chi connectivity index (χ1v) is 9.47. The number of urea groups is 1. The van der Waals surface area contributed by atoms with Crippen molar-refractivity contribution < 1.29 is 9.59 Å². The van der Waals surface area contributed by atoms with Crippen molar-refractivity contribution in [1.82, 2.24) is 15.2 Å². The largest absolute Gasteiger partial charge is 0.325 e. The molecule has 132 valence electrons. The van der Waals surface area contributed by atoms with E-state index < -0.39 is 11.6 Å². The van der Waals surface area contributed by atoms with E-state index in [1.54, 1.807) is 24.3 Å². The molecule has 1 fully saturated rings. The Morgan fingerprint density at radius 2 is 1.88 bits per heavy atom. The molecule has 1 saturated heterocycles. The van der Waals surface area contributed by atoms with Crippen molar-refractivity contribution in [2.24, 2.45) is 0 Å². The lowest BCUT2D eigenvalue weighted by molar-refractivity contribution is -0.132. The van der Waals surface area contributed by atoms with Crippen LogP contribution >= 0.6 is 22.9 Å². The summed E-state index contributed by atoms with van der Waals surface area (Å²) in [5.74, 6) is -0.258. The highest BCUT2D eigenvalue weighted by molar-refractivity contribution is 7.18. The van der Waals surface area contributed by atoms with E-state index in [0.29, 0.717) is 11.4 Å². The number of thiazole rings is 1. The van der Waals surface area contributed by atoms with E-state index in [1.165, 1.54) is 16.2 Å². The van der Waals surface area contributed by atoms with Gasteiger partial charge >= 0.3 is 6.03 Å². The van der Waals surface area contributed by atoms with E-state index in [9.17, 15) is 9.59 Å². The molecule has 0 saturated carbocycles. The molecule has 1 N–H and O–H groups in total. The molecule has 5 nitrogen and oxygen atoms in total. The maximum absolute atomic E-state index is 13.2. The average Bonchev–Trinajstić information content (AvgIpc) is 3.16. The fourth-order valence-electron chi connectivity index (χ4n) is 3.27. The van der Waals surface area contributed by atoms with Crippen molar-refractivity contribution in [2.75, 3.05) is 0 Å². The van der Waals surface area contributed by atoms with Crippen molar-refractivity contribution >= 4 is 45.1 Å². The second-order valence-electron chi connectivity index (χ2n) is 6.16. The van der Waals surface area contributed by atoms with Crippen LogP contribution in [0.2, 0.25) is 5.02 Å². The van der Waals surface area contributed by atoms with E-state index in [1.807, 2.05) is 31.2 Å². The molecule has 0 aliphatic carbocycles. The average molecular weight is 386 g/mol. The summed E-state index contributed by atoms with van der Waals surface area (Å²) in [6, 6.07) is 14.4. The molecule has 2 aromatic carbocycles. The lowest BCUT2D eigenvalue weighted by Gasteiger charge is -2.25. The van der Waals surface area contributed by atoms with E-state index in [-0.39, 0.29) is 12.5 Å². The number of halogens is 1. The Hall–Kier alpha value is -2.44. The van der Waals surface area contributed by atoms with Gasteiger partial charge < -0.3 is 5.32 Å². The smallest absolute Gasteiger partial charge is 0.319 e. The first-order valence-electron chi connectivity index (χ1n) is 8.28. The van der Waals surface area contributed by atoms with Crippen LogP contribution in [-0.4, -0.2) is 21.8 Å². The van der Waals surface area contributed by atoms with Gasteiger partial charge in [-0.15, -0.1) is 11.3 Å². The van der Waals surface area contributed by atoms with Crippen molar-refractivity contribution in [3.05, 3.63) is 64.1 Å². The molecular formula is C19H16ClN3O2S. The lowest BCUT2D eigenvalue weighted by Crippen LogP contribution is -2.43. The number of carbonyl (C=O) groups is 2. The normalized spacial score (nSPS) is 20.0. The zero-order chi connectivity index (χ0) is 18.3. The molecule has 26 heavy (non-hydrogen) atoms. The maximum Gasteiger partial charge on any atom is 0.325 e. The minimum atomic E-state index is -1.06. The molecule has 0 radical (unpaired) electrons. The fraction of sp³-hybridized carbons (Fsp3) is 0.211. The molecule has 1 aliphatic heterocycles. The molecule has 4 rings (SSSR count). The van der Waals surface area contributed by atoms with Gasteiger partial charge in [0.1, 0.15) is 10.5 Å².